The Hall–Kier alpha value is -3.29. The predicted octanol–water partition coefficient (Wildman–Crippen LogP) is 6.69. The average Bonchev–Trinajstić information content (AvgIpc) is 2.66. The van der Waals surface area contributed by atoms with Crippen LogP contribution in [0.15, 0.2) is 72.9 Å². The van der Waals surface area contributed by atoms with Crippen LogP contribution in [0.3, 0.4) is 0 Å². The molecule has 0 aromatic heterocycles. The number of ketones is 1. The molecule has 0 saturated heterocycles. The molecule has 0 aliphatic carbocycles. The highest BCUT2D eigenvalue weighted by atomic mass is 19.4. The number of rotatable bonds is 4. The summed E-state index contributed by atoms with van der Waals surface area (Å²) < 4.78 is 77.3. The van der Waals surface area contributed by atoms with E-state index in [-0.39, 0.29) is 6.07 Å². The second-order valence-corrected chi connectivity index (χ2v) is 6.16. The van der Waals surface area contributed by atoms with Crippen LogP contribution < -0.4 is 5.32 Å². The molecule has 0 spiro atoms. The minimum Gasteiger partial charge on any atom is -0.362 e. The number of anilines is 1. The molecule has 1 N–H and O–H groups in total. The molecule has 0 saturated carbocycles. The molecule has 150 valence electrons. The molecule has 3 aromatic rings. The van der Waals surface area contributed by atoms with Crippen LogP contribution >= 0.6 is 0 Å². The maximum absolute atomic E-state index is 12.9. The first kappa shape index (κ1) is 20.4. The van der Waals surface area contributed by atoms with Gasteiger partial charge in [-0.2, -0.15) is 26.3 Å². The Morgan fingerprint density at radius 2 is 1.38 bits per heavy atom. The number of hydrogen-bond acceptors (Lipinski definition) is 2. The fourth-order valence-electron chi connectivity index (χ4n) is 2.78. The molecule has 0 aliphatic rings. The summed E-state index contributed by atoms with van der Waals surface area (Å²) in [5.74, 6) is -0.447. The first-order valence-corrected chi connectivity index (χ1v) is 8.30. The fourth-order valence-corrected chi connectivity index (χ4v) is 2.78. The molecular weight excluding hydrogens is 396 g/mol. The molecule has 0 bridgehead atoms. The first-order valence-electron chi connectivity index (χ1n) is 8.30. The third-order valence-electron chi connectivity index (χ3n) is 4.13. The van der Waals surface area contributed by atoms with Gasteiger partial charge in [0.1, 0.15) is 0 Å². The molecule has 0 heterocycles. The van der Waals surface area contributed by atoms with Crippen molar-refractivity contribution in [3.8, 4) is 0 Å². The number of benzene rings is 3. The van der Waals surface area contributed by atoms with Gasteiger partial charge in [0.15, 0.2) is 5.78 Å². The minimum absolute atomic E-state index is 0.0378. The Balaban J connectivity index is 1.87. The van der Waals surface area contributed by atoms with Gasteiger partial charge in [-0.05, 0) is 29.0 Å². The van der Waals surface area contributed by atoms with Gasteiger partial charge in [-0.15, -0.1) is 0 Å². The maximum atomic E-state index is 12.9. The molecule has 3 rings (SSSR count). The smallest absolute Gasteiger partial charge is 0.362 e. The third-order valence-corrected chi connectivity index (χ3v) is 4.13. The Morgan fingerprint density at radius 1 is 0.793 bits per heavy atom. The summed E-state index contributed by atoms with van der Waals surface area (Å²) in [7, 11) is 0. The molecule has 0 unspecified atom stereocenters. The summed E-state index contributed by atoms with van der Waals surface area (Å²) in [6, 6.07) is 13.3. The average molecular weight is 409 g/mol. The fraction of sp³-hybridized carbons (Fsp3) is 0.0952. The van der Waals surface area contributed by atoms with Crippen molar-refractivity contribution in [2.75, 3.05) is 5.32 Å². The molecule has 29 heavy (non-hydrogen) atoms. The predicted molar refractivity (Wildman–Crippen MR) is 97.5 cm³/mol. The zero-order valence-electron chi connectivity index (χ0n) is 14.6. The summed E-state index contributed by atoms with van der Waals surface area (Å²) >= 11 is 0. The number of halogens is 6. The largest absolute Gasteiger partial charge is 0.416 e. The number of carbonyl (C=O) groups excluding carboxylic acids is 1. The van der Waals surface area contributed by atoms with Crippen molar-refractivity contribution in [2.45, 2.75) is 12.4 Å². The van der Waals surface area contributed by atoms with Crippen molar-refractivity contribution in [1.82, 2.24) is 0 Å². The zero-order chi connectivity index (χ0) is 21.2. The number of fused-ring (bicyclic) bond motifs is 1. The quantitative estimate of drug-likeness (QED) is 0.296. The van der Waals surface area contributed by atoms with Gasteiger partial charge < -0.3 is 5.32 Å². The normalized spacial score (nSPS) is 12.5. The van der Waals surface area contributed by atoms with Crippen molar-refractivity contribution in [2.24, 2.45) is 0 Å². The van der Waals surface area contributed by atoms with Gasteiger partial charge in [0.2, 0.25) is 0 Å². The zero-order valence-corrected chi connectivity index (χ0v) is 14.6. The molecule has 0 atom stereocenters. The summed E-state index contributed by atoms with van der Waals surface area (Å²) in [5.41, 5.74) is -2.96. The van der Waals surface area contributed by atoms with E-state index < -0.39 is 35.0 Å². The number of alkyl halides is 6. The molecule has 2 nitrogen and oxygen atoms in total. The van der Waals surface area contributed by atoms with E-state index in [1.54, 1.807) is 30.3 Å². The number of hydrogen-bond donors (Lipinski definition) is 1. The van der Waals surface area contributed by atoms with E-state index in [9.17, 15) is 31.1 Å². The lowest BCUT2D eigenvalue weighted by atomic mass is 10.0. The van der Waals surface area contributed by atoms with Crippen molar-refractivity contribution in [3.05, 3.63) is 89.6 Å². The van der Waals surface area contributed by atoms with Gasteiger partial charge in [-0.3, -0.25) is 4.79 Å². The van der Waals surface area contributed by atoms with Gasteiger partial charge in [-0.1, -0.05) is 42.5 Å². The van der Waals surface area contributed by atoms with E-state index >= 15 is 0 Å². The van der Waals surface area contributed by atoms with Gasteiger partial charge >= 0.3 is 12.4 Å². The molecule has 0 radical (unpaired) electrons. The number of allylic oxidation sites excluding steroid dienone is 1. The van der Waals surface area contributed by atoms with Gasteiger partial charge in [-0.25, -0.2) is 0 Å². The molecule has 0 amide bonds. The molecular formula is C21H13F6NO. The van der Waals surface area contributed by atoms with E-state index in [0.717, 1.165) is 17.7 Å². The van der Waals surface area contributed by atoms with Gasteiger partial charge in [0.05, 0.1) is 11.1 Å². The van der Waals surface area contributed by atoms with Crippen LogP contribution in [0.5, 0.6) is 0 Å². The van der Waals surface area contributed by atoms with Crippen LogP contribution in [0.4, 0.5) is 32.0 Å². The Kier molecular flexibility index (Phi) is 5.37. The summed E-state index contributed by atoms with van der Waals surface area (Å²) in [4.78, 5) is 12.4. The van der Waals surface area contributed by atoms with E-state index in [0.29, 0.717) is 23.1 Å². The molecule has 3 aromatic carbocycles. The number of carbonyl (C=O) groups is 1. The van der Waals surface area contributed by atoms with Crippen LogP contribution in [-0.4, -0.2) is 5.78 Å². The lowest BCUT2D eigenvalue weighted by molar-refractivity contribution is -0.143. The van der Waals surface area contributed by atoms with Crippen LogP contribution in [0.2, 0.25) is 0 Å². The summed E-state index contributed by atoms with van der Waals surface area (Å²) in [6.45, 7) is 0. The van der Waals surface area contributed by atoms with E-state index in [1.165, 1.54) is 0 Å². The Morgan fingerprint density at radius 3 is 2.00 bits per heavy atom. The highest BCUT2D eigenvalue weighted by Gasteiger charge is 2.36. The SMILES string of the molecule is O=C(/C=C/Nc1cc(C(F)(F)F)cc(C(F)(F)F)c1)c1cccc2ccccc12. The van der Waals surface area contributed by atoms with Crippen molar-refractivity contribution >= 4 is 22.2 Å². The highest BCUT2D eigenvalue weighted by Crippen LogP contribution is 2.37. The topological polar surface area (TPSA) is 29.1 Å². The van der Waals surface area contributed by atoms with Crippen molar-refractivity contribution in [3.63, 3.8) is 0 Å². The maximum Gasteiger partial charge on any atom is 0.416 e. The standard InChI is InChI=1S/C21H13F6NO/c22-20(23,24)14-10-15(21(25,26)27)12-16(11-14)28-9-8-19(29)18-7-3-5-13-4-1-2-6-17(13)18/h1-12,28H/b9-8+. The van der Waals surface area contributed by atoms with Crippen molar-refractivity contribution in [1.29, 1.82) is 0 Å². The monoisotopic (exact) mass is 409 g/mol. The Bertz CT molecular complexity index is 1040. The van der Waals surface area contributed by atoms with Crippen LogP contribution in [0.25, 0.3) is 10.8 Å². The highest BCUT2D eigenvalue weighted by molar-refractivity contribution is 6.13. The van der Waals surface area contributed by atoms with E-state index in [2.05, 4.69) is 5.32 Å². The summed E-state index contributed by atoms with van der Waals surface area (Å²) in [5, 5.41) is 3.83. The van der Waals surface area contributed by atoms with Crippen molar-refractivity contribution < 1.29 is 31.1 Å². The first-order chi connectivity index (χ1) is 13.6. The summed E-state index contributed by atoms with van der Waals surface area (Å²) in [6.07, 6.45) is -7.82. The van der Waals surface area contributed by atoms with Crippen LogP contribution in [0, 0.1) is 0 Å². The van der Waals surface area contributed by atoms with E-state index in [4.69, 9.17) is 0 Å². The van der Waals surface area contributed by atoms with Crippen LogP contribution in [-0.2, 0) is 12.4 Å². The Labute approximate surface area is 161 Å². The van der Waals surface area contributed by atoms with E-state index in [1.807, 2.05) is 12.1 Å². The lowest BCUT2D eigenvalue weighted by Crippen LogP contribution is -2.11. The van der Waals surface area contributed by atoms with Crippen LogP contribution in [0.1, 0.15) is 21.5 Å². The lowest BCUT2D eigenvalue weighted by Gasteiger charge is -2.14. The molecule has 0 fully saturated rings. The van der Waals surface area contributed by atoms with Gasteiger partial charge in [0, 0.05) is 23.5 Å². The van der Waals surface area contributed by atoms with Gasteiger partial charge in [0.25, 0.3) is 0 Å². The number of nitrogens with one attached hydrogen (secondary N) is 1. The second-order valence-electron chi connectivity index (χ2n) is 6.16. The molecule has 0 aliphatic heterocycles. The minimum atomic E-state index is -4.94. The second kappa shape index (κ2) is 7.62. The molecule has 8 heteroatoms. The third kappa shape index (κ3) is 4.77.